The largest absolute Gasteiger partial charge is 0.310 e. The summed E-state index contributed by atoms with van der Waals surface area (Å²) in [6.45, 7) is 4.73. The molecule has 0 unspecified atom stereocenters. The normalized spacial score (nSPS) is 12.9. The molecule has 10 rings (SSSR count). The maximum atomic E-state index is 2.44. The first-order valence-corrected chi connectivity index (χ1v) is 18.4. The molecule has 2 heteroatoms. The number of anilines is 3. The Bertz CT molecular complexity index is 2790. The SMILES string of the molecule is CC1(C)c2ccc(N(c3cccc(-c4ccccc4)c3)c3ccc4c5ccccc5n(-c5ccccc5)c4c3)cc2-c2c(-c3ccccc3)cccc21. The van der Waals surface area contributed by atoms with Crippen molar-refractivity contribution < 1.29 is 0 Å². The van der Waals surface area contributed by atoms with E-state index in [0.29, 0.717) is 0 Å². The van der Waals surface area contributed by atoms with Gasteiger partial charge >= 0.3 is 0 Å². The number of para-hydroxylation sites is 2. The van der Waals surface area contributed by atoms with E-state index in [2.05, 4.69) is 217 Å². The number of fused-ring (bicyclic) bond motifs is 6. The molecule has 0 N–H and O–H groups in total. The highest BCUT2D eigenvalue weighted by Crippen LogP contribution is 2.54. The third kappa shape index (κ3) is 5.02. The lowest BCUT2D eigenvalue weighted by Crippen LogP contribution is -2.15. The summed E-state index contributed by atoms with van der Waals surface area (Å²) in [6, 6.07) is 70.8. The van der Waals surface area contributed by atoms with Gasteiger partial charge in [-0.05, 0) is 99.1 Å². The van der Waals surface area contributed by atoms with E-state index >= 15 is 0 Å². The van der Waals surface area contributed by atoms with E-state index in [-0.39, 0.29) is 5.41 Å². The van der Waals surface area contributed by atoms with E-state index in [4.69, 9.17) is 0 Å². The van der Waals surface area contributed by atoms with Gasteiger partial charge in [-0.25, -0.2) is 0 Å². The van der Waals surface area contributed by atoms with Crippen LogP contribution in [0.3, 0.4) is 0 Å². The van der Waals surface area contributed by atoms with Crippen LogP contribution in [0.25, 0.3) is 60.9 Å². The molecule has 0 atom stereocenters. The Morgan fingerprint density at radius 3 is 1.79 bits per heavy atom. The summed E-state index contributed by atoms with van der Waals surface area (Å²) in [7, 11) is 0. The first-order chi connectivity index (χ1) is 26.1. The molecule has 8 aromatic carbocycles. The molecule has 53 heavy (non-hydrogen) atoms. The molecule has 0 fully saturated rings. The number of rotatable bonds is 6. The van der Waals surface area contributed by atoms with Gasteiger partial charge in [-0.2, -0.15) is 0 Å². The molecule has 1 aliphatic carbocycles. The van der Waals surface area contributed by atoms with Gasteiger partial charge in [-0.15, -0.1) is 0 Å². The molecule has 1 aliphatic rings. The Morgan fingerprint density at radius 2 is 1.00 bits per heavy atom. The lowest BCUT2D eigenvalue weighted by molar-refractivity contribution is 0.660. The van der Waals surface area contributed by atoms with Crippen LogP contribution in [0.1, 0.15) is 25.0 Å². The van der Waals surface area contributed by atoms with Crippen LogP contribution in [0.4, 0.5) is 17.1 Å². The fraction of sp³-hybridized carbons (Fsp3) is 0.0588. The predicted octanol–water partition coefficient (Wildman–Crippen LogP) is 13.9. The van der Waals surface area contributed by atoms with Gasteiger partial charge in [0.1, 0.15) is 0 Å². The number of hydrogen-bond donors (Lipinski definition) is 0. The molecular weight excluding hydrogens is 641 g/mol. The molecule has 0 saturated carbocycles. The second-order valence-corrected chi connectivity index (χ2v) is 14.6. The first kappa shape index (κ1) is 31.1. The van der Waals surface area contributed by atoms with Gasteiger partial charge in [-0.3, -0.25) is 0 Å². The van der Waals surface area contributed by atoms with E-state index in [1.165, 1.54) is 66.3 Å². The summed E-state index contributed by atoms with van der Waals surface area (Å²) in [5, 5.41) is 2.49. The van der Waals surface area contributed by atoms with E-state index in [1.807, 2.05) is 0 Å². The van der Waals surface area contributed by atoms with Crippen molar-refractivity contribution in [3.05, 3.63) is 205 Å². The molecule has 0 amide bonds. The summed E-state index contributed by atoms with van der Waals surface area (Å²) < 4.78 is 2.40. The Kier molecular flexibility index (Phi) is 7.19. The Balaban J connectivity index is 1.23. The summed E-state index contributed by atoms with van der Waals surface area (Å²) >= 11 is 0. The van der Waals surface area contributed by atoms with Crippen LogP contribution in [0.5, 0.6) is 0 Å². The minimum atomic E-state index is -0.123. The Labute approximate surface area is 310 Å². The summed E-state index contributed by atoms with van der Waals surface area (Å²) in [4.78, 5) is 2.44. The highest BCUT2D eigenvalue weighted by atomic mass is 15.1. The maximum Gasteiger partial charge on any atom is 0.0561 e. The van der Waals surface area contributed by atoms with Gasteiger partial charge in [-0.1, -0.05) is 153 Å². The van der Waals surface area contributed by atoms with Crippen LogP contribution in [-0.4, -0.2) is 4.57 Å². The van der Waals surface area contributed by atoms with Crippen molar-refractivity contribution in [1.82, 2.24) is 4.57 Å². The molecule has 1 heterocycles. The number of benzene rings is 8. The van der Waals surface area contributed by atoms with Crippen LogP contribution < -0.4 is 4.90 Å². The maximum absolute atomic E-state index is 2.44. The van der Waals surface area contributed by atoms with E-state index in [9.17, 15) is 0 Å². The topological polar surface area (TPSA) is 8.17 Å². The van der Waals surface area contributed by atoms with Crippen molar-refractivity contribution in [1.29, 1.82) is 0 Å². The summed E-state index contributed by atoms with van der Waals surface area (Å²) in [5.74, 6) is 0. The van der Waals surface area contributed by atoms with E-state index in [0.717, 1.165) is 22.7 Å². The fourth-order valence-corrected chi connectivity index (χ4v) is 8.65. The number of aromatic nitrogens is 1. The minimum Gasteiger partial charge on any atom is -0.310 e. The van der Waals surface area contributed by atoms with Crippen LogP contribution in [0, 0.1) is 0 Å². The Hall–Kier alpha value is -6.64. The molecule has 0 radical (unpaired) electrons. The molecule has 9 aromatic rings. The second-order valence-electron chi connectivity index (χ2n) is 14.6. The van der Waals surface area contributed by atoms with Crippen molar-refractivity contribution in [3.63, 3.8) is 0 Å². The van der Waals surface area contributed by atoms with Crippen LogP contribution in [0.2, 0.25) is 0 Å². The van der Waals surface area contributed by atoms with Gasteiger partial charge < -0.3 is 9.47 Å². The second kappa shape index (κ2) is 12.3. The molecule has 2 nitrogen and oxygen atoms in total. The molecule has 1 aromatic heterocycles. The average Bonchev–Trinajstić information content (AvgIpc) is 3.67. The quantitative estimate of drug-likeness (QED) is 0.170. The predicted molar refractivity (Wildman–Crippen MR) is 224 cm³/mol. The zero-order valence-corrected chi connectivity index (χ0v) is 29.9. The molecule has 252 valence electrons. The van der Waals surface area contributed by atoms with Gasteiger partial charge in [0.15, 0.2) is 0 Å². The highest BCUT2D eigenvalue weighted by Gasteiger charge is 2.37. The summed E-state index contributed by atoms with van der Waals surface area (Å²) in [5.41, 5.74) is 17.0. The highest BCUT2D eigenvalue weighted by molar-refractivity contribution is 6.10. The van der Waals surface area contributed by atoms with Crippen molar-refractivity contribution in [2.24, 2.45) is 0 Å². The first-order valence-electron chi connectivity index (χ1n) is 18.4. The smallest absolute Gasteiger partial charge is 0.0561 e. The zero-order chi connectivity index (χ0) is 35.5. The monoisotopic (exact) mass is 678 g/mol. The fourth-order valence-electron chi connectivity index (χ4n) is 8.65. The van der Waals surface area contributed by atoms with Gasteiger partial charge in [0, 0.05) is 38.9 Å². The van der Waals surface area contributed by atoms with Gasteiger partial charge in [0.05, 0.1) is 11.0 Å². The van der Waals surface area contributed by atoms with E-state index < -0.39 is 0 Å². The molecule has 0 bridgehead atoms. The number of hydrogen-bond acceptors (Lipinski definition) is 1. The number of nitrogens with zero attached hydrogens (tertiary/aromatic N) is 2. The molecule has 0 spiro atoms. The van der Waals surface area contributed by atoms with Crippen molar-refractivity contribution >= 4 is 38.9 Å². The minimum absolute atomic E-state index is 0.123. The standard InChI is InChI=1S/C51H38N2/c1-51(2)46-31-29-40(33-45(46)50-42(25-15-26-47(50)51)36-18-8-4-9-19-36)52(39-23-14-20-37(32-39)35-16-6-3-7-17-35)41-28-30-44-43-24-12-13-27-48(43)53(49(44)34-41)38-21-10-5-11-22-38/h3-34H,1-2H3. The van der Waals surface area contributed by atoms with Crippen LogP contribution >= 0.6 is 0 Å². The Morgan fingerprint density at radius 1 is 0.396 bits per heavy atom. The zero-order valence-electron chi connectivity index (χ0n) is 29.9. The van der Waals surface area contributed by atoms with Crippen molar-refractivity contribution in [2.45, 2.75) is 19.3 Å². The van der Waals surface area contributed by atoms with Crippen molar-refractivity contribution in [3.8, 4) is 39.1 Å². The molecule has 0 saturated heterocycles. The molecule has 0 aliphatic heterocycles. The van der Waals surface area contributed by atoms with Gasteiger partial charge in [0.25, 0.3) is 0 Å². The third-order valence-electron chi connectivity index (χ3n) is 11.2. The molecular formula is C51H38N2. The average molecular weight is 679 g/mol. The van der Waals surface area contributed by atoms with E-state index in [1.54, 1.807) is 0 Å². The third-order valence-corrected chi connectivity index (χ3v) is 11.2. The van der Waals surface area contributed by atoms with Gasteiger partial charge in [0.2, 0.25) is 0 Å². The lowest BCUT2D eigenvalue weighted by atomic mass is 9.82. The van der Waals surface area contributed by atoms with Crippen molar-refractivity contribution in [2.75, 3.05) is 4.90 Å². The van der Waals surface area contributed by atoms with Crippen LogP contribution in [0.15, 0.2) is 194 Å². The summed E-state index contributed by atoms with van der Waals surface area (Å²) in [6.07, 6.45) is 0. The lowest BCUT2D eigenvalue weighted by Gasteiger charge is -2.28. The van der Waals surface area contributed by atoms with Crippen LogP contribution in [-0.2, 0) is 5.41 Å².